The Morgan fingerprint density at radius 2 is 2.00 bits per heavy atom. The lowest BCUT2D eigenvalue weighted by atomic mass is 10.0. The van der Waals surface area contributed by atoms with E-state index in [0.29, 0.717) is 5.92 Å². The molecular weight excluding hydrogens is 248 g/mol. The third-order valence-electron chi connectivity index (χ3n) is 3.48. The van der Waals surface area contributed by atoms with Gasteiger partial charge in [-0.1, -0.05) is 45.4 Å². The van der Waals surface area contributed by atoms with Crippen LogP contribution in [0.3, 0.4) is 0 Å². The maximum Gasteiger partial charge on any atom is 0.152 e. The van der Waals surface area contributed by atoms with Gasteiger partial charge in [0, 0.05) is 12.7 Å². The fraction of sp³-hybridized carbons (Fsp3) is 0.438. The molecule has 3 N–H and O–H groups in total. The lowest BCUT2D eigenvalue weighted by Gasteiger charge is -2.15. The molecular formula is C16H24N4. The van der Waals surface area contributed by atoms with E-state index < -0.39 is 0 Å². The molecule has 0 aliphatic carbocycles. The van der Waals surface area contributed by atoms with Crippen LogP contribution in [-0.4, -0.2) is 9.78 Å². The molecule has 0 spiro atoms. The fourth-order valence-corrected chi connectivity index (χ4v) is 2.41. The zero-order valence-electron chi connectivity index (χ0n) is 12.8. The minimum atomic E-state index is 0.461. The number of nitrogens with zero attached hydrogens (tertiary/aromatic N) is 2. The average molecular weight is 272 g/mol. The lowest BCUT2D eigenvalue weighted by Crippen LogP contribution is -2.04. The van der Waals surface area contributed by atoms with Gasteiger partial charge in [0.05, 0.1) is 11.4 Å². The number of rotatable bonds is 5. The van der Waals surface area contributed by atoms with E-state index in [9.17, 15) is 0 Å². The number of anilines is 3. The molecule has 1 heterocycles. The van der Waals surface area contributed by atoms with Gasteiger partial charge in [0.15, 0.2) is 5.82 Å². The third-order valence-corrected chi connectivity index (χ3v) is 3.48. The van der Waals surface area contributed by atoms with Gasteiger partial charge in [-0.25, -0.2) is 0 Å². The second kappa shape index (κ2) is 5.99. The van der Waals surface area contributed by atoms with E-state index in [2.05, 4.69) is 49.4 Å². The Bertz CT molecular complexity index is 584. The first kappa shape index (κ1) is 14.4. The molecule has 108 valence electrons. The number of hydrogen-bond acceptors (Lipinski definition) is 3. The molecule has 2 aromatic rings. The van der Waals surface area contributed by atoms with Crippen molar-refractivity contribution in [3.63, 3.8) is 0 Å². The Labute approximate surface area is 121 Å². The van der Waals surface area contributed by atoms with Crippen molar-refractivity contribution < 1.29 is 0 Å². The Balaban J connectivity index is 2.35. The first-order chi connectivity index (χ1) is 9.54. The van der Waals surface area contributed by atoms with Gasteiger partial charge in [-0.05, 0) is 24.0 Å². The molecule has 0 amide bonds. The summed E-state index contributed by atoms with van der Waals surface area (Å²) in [6.45, 7) is 6.51. The number of nitrogens with two attached hydrogens (primary N) is 1. The van der Waals surface area contributed by atoms with E-state index in [1.165, 1.54) is 5.56 Å². The summed E-state index contributed by atoms with van der Waals surface area (Å²) >= 11 is 0. The van der Waals surface area contributed by atoms with Crippen LogP contribution in [0.1, 0.15) is 44.4 Å². The fourth-order valence-electron chi connectivity index (χ4n) is 2.41. The van der Waals surface area contributed by atoms with Crippen LogP contribution in [-0.2, 0) is 13.5 Å². The largest absolute Gasteiger partial charge is 0.394 e. The van der Waals surface area contributed by atoms with Gasteiger partial charge >= 0.3 is 0 Å². The van der Waals surface area contributed by atoms with E-state index in [4.69, 9.17) is 5.73 Å². The zero-order valence-corrected chi connectivity index (χ0v) is 12.8. The second-order valence-electron chi connectivity index (χ2n) is 5.45. The first-order valence-corrected chi connectivity index (χ1v) is 7.21. The average Bonchev–Trinajstić information content (AvgIpc) is 2.67. The molecule has 0 aliphatic rings. The summed E-state index contributed by atoms with van der Waals surface area (Å²) < 4.78 is 1.83. The highest BCUT2D eigenvalue weighted by Crippen LogP contribution is 2.30. The molecule has 1 aromatic heterocycles. The molecule has 0 aliphatic heterocycles. The number of aryl methyl sites for hydroxylation is 2. The second-order valence-corrected chi connectivity index (χ2v) is 5.45. The van der Waals surface area contributed by atoms with Crippen LogP contribution in [0.25, 0.3) is 0 Å². The molecule has 0 unspecified atom stereocenters. The quantitative estimate of drug-likeness (QED) is 0.870. The maximum absolute atomic E-state index is 6.22. The van der Waals surface area contributed by atoms with Crippen molar-refractivity contribution in [2.24, 2.45) is 7.05 Å². The predicted molar refractivity (Wildman–Crippen MR) is 85.4 cm³/mol. The summed E-state index contributed by atoms with van der Waals surface area (Å²) in [6.07, 6.45) is 1.95. The van der Waals surface area contributed by atoms with Gasteiger partial charge in [-0.3, -0.25) is 4.68 Å². The van der Waals surface area contributed by atoms with Gasteiger partial charge in [-0.2, -0.15) is 5.10 Å². The number of nitrogens with one attached hydrogen (secondary N) is 1. The van der Waals surface area contributed by atoms with Crippen molar-refractivity contribution in [1.29, 1.82) is 0 Å². The van der Waals surface area contributed by atoms with Gasteiger partial charge < -0.3 is 11.1 Å². The molecule has 0 fully saturated rings. The molecule has 0 saturated carbocycles. The summed E-state index contributed by atoms with van der Waals surface area (Å²) in [6, 6.07) is 8.33. The van der Waals surface area contributed by atoms with Crippen molar-refractivity contribution in [3.05, 3.63) is 35.5 Å². The standard InChI is InChI=1S/C16H24N4/c1-5-8-14-15(17)16(20(4)19-14)18-13-10-7-6-9-12(13)11(2)3/h6-7,9-11,18H,5,8,17H2,1-4H3. The lowest BCUT2D eigenvalue weighted by molar-refractivity contribution is 0.739. The van der Waals surface area contributed by atoms with Crippen LogP contribution < -0.4 is 11.1 Å². The van der Waals surface area contributed by atoms with Crippen LogP contribution >= 0.6 is 0 Å². The van der Waals surface area contributed by atoms with E-state index in [1.54, 1.807) is 0 Å². The van der Waals surface area contributed by atoms with E-state index >= 15 is 0 Å². The third kappa shape index (κ3) is 2.79. The molecule has 0 saturated heterocycles. The summed E-state index contributed by atoms with van der Waals surface area (Å²) in [7, 11) is 1.93. The zero-order chi connectivity index (χ0) is 14.7. The van der Waals surface area contributed by atoms with Gasteiger partial charge in [-0.15, -0.1) is 0 Å². The summed E-state index contributed by atoms with van der Waals surface area (Å²) in [5.74, 6) is 1.34. The van der Waals surface area contributed by atoms with Crippen molar-refractivity contribution in [3.8, 4) is 0 Å². The van der Waals surface area contributed by atoms with E-state index in [0.717, 1.165) is 35.7 Å². The van der Waals surface area contributed by atoms with Crippen molar-refractivity contribution in [1.82, 2.24) is 9.78 Å². The van der Waals surface area contributed by atoms with Crippen molar-refractivity contribution in [2.45, 2.75) is 39.5 Å². The Hall–Kier alpha value is -1.97. The highest BCUT2D eigenvalue weighted by molar-refractivity contribution is 5.73. The molecule has 0 radical (unpaired) electrons. The normalized spacial score (nSPS) is 11.1. The molecule has 4 nitrogen and oxygen atoms in total. The number of nitrogen functional groups attached to an aromatic ring is 1. The van der Waals surface area contributed by atoms with Gasteiger partial charge in [0.1, 0.15) is 0 Å². The number of aromatic nitrogens is 2. The molecule has 20 heavy (non-hydrogen) atoms. The van der Waals surface area contributed by atoms with Crippen LogP contribution in [0, 0.1) is 0 Å². The molecule has 2 rings (SSSR count). The highest BCUT2D eigenvalue weighted by atomic mass is 15.3. The summed E-state index contributed by atoms with van der Waals surface area (Å²) in [5, 5.41) is 7.94. The molecule has 0 bridgehead atoms. The molecule has 0 atom stereocenters. The smallest absolute Gasteiger partial charge is 0.152 e. The Kier molecular flexibility index (Phi) is 4.32. The number of benzene rings is 1. The Morgan fingerprint density at radius 1 is 1.30 bits per heavy atom. The predicted octanol–water partition coefficient (Wildman–Crippen LogP) is 3.82. The minimum absolute atomic E-state index is 0.461. The summed E-state index contributed by atoms with van der Waals surface area (Å²) in [4.78, 5) is 0. The van der Waals surface area contributed by atoms with Crippen LogP contribution in [0.4, 0.5) is 17.2 Å². The van der Waals surface area contributed by atoms with E-state index in [-0.39, 0.29) is 0 Å². The molecule has 1 aromatic carbocycles. The summed E-state index contributed by atoms with van der Waals surface area (Å²) in [5.41, 5.74) is 10.3. The van der Waals surface area contributed by atoms with E-state index in [1.807, 2.05) is 17.8 Å². The first-order valence-electron chi connectivity index (χ1n) is 7.21. The van der Waals surface area contributed by atoms with Gasteiger partial charge in [0.2, 0.25) is 0 Å². The highest BCUT2D eigenvalue weighted by Gasteiger charge is 2.14. The van der Waals surface area contributed by atoms with Crippen molar-refractivity contribution >= 4 is 17.2 Å². The maximum atomic E-state index is 6.22. The Morgan fingerprint density at radius 3 is 2.65 bits per heavy atom. The SMILES string of the molecule is CCCc1nn(C)c(Nc2ccccc2C(C)C)c1N. The van der Waals surface area contributed by atoms with Crippen molar-refractivity contribution in [2.75, 3.05) is 11.1 Å². The molecule has 4 heteroatoms. The van der Waals surface area contributed by atoms with Crippen LogP contribution in [0.2, 0.25) is 0 Å². The van der Waals surface area contributed by atoms with Crippen LogP contribution in [0.15, 0.2) is 24.3 Å². The minimum Gasteiger partial charge on any atom is -0.394 e. The van der Waals surface area contributed by atoms with Gasteiger partial charge in [0.25, 0.3) is 0 Å². The van der Waals surface area contributed by atoms with Crippen LogP contribution in [0.5, 0.6) is 0 Å². The number of hydrogen-bond donors (Lipinski definition) is 2. The topological polar surface area (TPSA) is 55.9 Å². The monoisotopic (exact) mass is 272 g/mol. The number of para-hydroxylation sites is 1.